The summed E-state index contributed by atoms with van der Waals surface area (Å²) in [6.07, 6.45) is 1.74. The highest BCUT2D eigenvalue weighted by Crippen LogP contribution is 2.36. The van der Waals surface area contributed by atoms with Crippen molar-refractivity contribution in [1.82, 2.24) is 15.0 Å². The first-order valence-corrected chi connectivity index (χ1v) is 10.2. The number of nitrogens with one attached hydrogen (secondary N) is 1. The molecule has 0 aliphatic heterocycles. The van der Waals surface area contributed by atoms with E-state index in [1.165, 1.54) is 0 Å². The first-order chi connectivity index (χ1) is 9.79. The molecule has 0 atom stereocenters. The molecule has 0 amide bonds. The summed E-state index contributed by atoms with van der Waals surface area (Å²) in [6.45, 7) is 12.9. The summed E-state index contributed by atoms with van der Waals surface area (Å²) in [5.74, 6) is 0.802. The molecular weight excluding hydrogens is 282 g/mol. The second-order valence-corrected chi connectivity index (χ2v) is 11.5. The van der Waals surface area contributed by atoms with Crippen LogP contribution in [0.1, 0.15) is 26.6 Å². The van der Waals surface area contributed by atoms with Gasteiger partial charge in [0, 0.05) is 6.20 Å². The maximum absolute atomic E-state index is 6.06. The van der Waals surface area contributed by atoms with Crippen molar-refractivity contribution in [3.05, 3.63) is 24.2 Å². The monoisotopic (exact) mass is 307 g/mol. The van der Waals surface area contributed by atoms with Gasteiger partial charge in [0.05, 0.1) is 18.7 Å². The lowest BCUT2D eigenvalue weighted by Crippen LogP contribution is -2.41. The number of aromatic amines is 1. The van der Waals surface area contributed by atoms with Crippen LogP contribution in [0, 0.1) is 0 Å². The molecule has 2 rings (SSSR count). The second-order valence-electron chi connectivity index (χ2n) is 6.72. The van der Waals surface area contributed by atoms with Gasteiger partial charge in [-0.05, 0) is 30.3 Å². The molecule has 2 aromatic heterocycles. The molecule has 2 heterocycles. The molecular formula is C15H25N3O2Si. The fraction of sp³-hybridized carbons (Fsp3) is 0.600. The van der Waals surface area contributed by atoms with E-state index >= 15 is 0 Å². The second kappa shape index (κ2) is 6.25. The van der Waals surface area contributed by atoms with E-state index in [0.717, 1.165) is 17.0 Å². The Balaban J connectivity index is 1.75. The zero-order chi connectivity index (χ0) is 15.5. The maximum atomic E-state index is 6.06. The Morgan fingerprint density at radius 1 is 1.24 bits per heavy atom. The number of H-pyrrole nitrogens is 1. The van der Waals surface area contributed by atoms with Crippen molar-refractivity contribution in [3.63, 3.8) is 0 Å². The molecule has 116 valence electrons. The molecule has 0 spiro atoms. The molecule has 0 aliphatic carbocycles. The van der Waals surface area contributed by atoms with Crippen LogP contribution in [0.25, 0.3) is 11.2 Å². The van der Waals surface area contributed by atoms with Crippen molar-refractivity contribution in [2.75, 3.05) is 13.2 Å². The SMILES string of the molecule is CC(C)(C)[Si](C)(C)OCCOCc1nc2ncccc2[nH]1. The number of imidazole rings is 1. The predicted molar refractivity (Wildman–Crippen MR) is 86.7 cm³/mol. The molecule has 1 N–H and O–H groups in total. The van der Waals surface area contributed by atoms with Gasteiger partial charge in [0.1, 0.15) is 12.4 Å². The predicted octanol–water partition coefficient (Wildman–Crippen LogP) is 3.50. The fourth-order valence-electron chi connectivity index (χ4n) is 1.70. The fourth-order valence-corrected chi connectivity index (χ4v) is 2.73. The normalized spacial score (nSPS) is 13.0. The van der Waals surface area contributed by atoms with E-state index < -0.39 is 8.32 Å². The lowest BCUT2D eigenvalue weighted by atomic mass is 10.2. The van der Waals surface area contributed by atoms with Crippen molar-refractivity contribution in [3.8, 4) is 0 Å². The van der Waals surface area contributed by atoms with Gasteiger partial charge in [-0.1, -0.05) is 20.8 Å². The zero-order valence-electron chi connectivity index (χ0n) is 13.6. The summed E-state index contributed by atoms with van der Waals surface area (Å²) in [5, 5.41) is 0.234. The smallest absolute Gasteiger partial charge is 0.192 e. The standard InChI is InChI=1S/C15H25N3O2Si/c1-15(2,3)21(4,5)20-10-9-19-11-13-17-12-7-6-8-16-14(12)18-13/h6-8H,9-11H2,1-5H3,(H,16,17,18). The Morgan fingerprint density at radius 3 is 2.67 bits per heavy atom. The summed E-state index contributed by atoms with van der Waals surface area (Å²) in [6, 6.07) is 3.84. The van der Waals surface area contributed by atoms with Crippen LogP contribution in [0.3, 0.4) is 0 Å². The Labute approximate surface area is 127 Å². The van der Waals surface area contributed by atoms with Gasteiger partial charge in [0.15, 0.2) is 14.0 Å². The molecule has 0 unspecified atom stereocenters. The number of aromatic nitrogens is 3. The van der Waals surface area contributed by atoms with E-state index in [-0.39, 0.29) is 5.04 Å². The first kappa shape index (κ1) is 16.1. The van der Waals surface area contributed by atoms with Gasteiger partial charge in [-0.3, -0.25) is 0 Å². The van der Waals surface area contributed by atoms with Crippen LogP contribution in [0.5, 0.6) is 0 Å². The van der Waals surface area contributed by atoms with Crippen molar-refractivity contribution in [2.45, 2.75) is 45.5 Å². The molecule has 0 aliphatic rings. The van der Waals surface area contributed by atoms with Gasteiger partial charge in [-0.2, -0.15) is 0 Å². The van der Waals surface area contributed by atoms with Crippen molar-refractivity contribution in [2.24, 2.45) is 0 Å². The number of pyridine rings is 1. The summed E-state index contributed by atoms with van der Waals surface area (Å²) in [4.78, 5) is 11.8. The molecule has 2 aromatic rings. The Kier molecular flexibility index (Phi) is 4.80. The van der Waals surface area contributed by atoms with Crippen LogP contribution in [0.15, 0.2) is 18.3 Å². The van der Waals surface area contributed by atoms with Gasteiger partial charge < -0.3 is 14.1 Å². The Bertz CT molecular complexity index is 557. The minimum absolute atomic E-state index is 0.234. The van der Waals surface area contributed by atoms with Crippen molar-refractivity contribution in [1.29, 1.82) is 0 Å². The van der Waals surface area contributed by atoms with Crippen LogP contribution < -0.4 is 0 Å². The van der Waals surface area contributed by atoms with E-state index in [2.05, 4.69) is 48.8 Å². The summed E-state index contributed by atoms with van der Waals surface area (Å²) < 4.78 is 11.7. The number of rotatable bonds is 6. The average Bonchev–Trinajstić information content (AvgIpc) is 2.79. The van der Waals surface area contributed by atoms with Crippen LogP contribution in [-0.2, 0) is 15.8 Å². The molecule has 21 heavy (non-hydrogen) atoms. The third kappa shape index (κ3) is 4.12. The minimum atomic E-state index is -1.67. The van der Waals surface area contributed by atoms with Gasteiger partial charge in [0.25, 0.3) is 0 Å². The van der Waals surface area contributed by atoms with Gasteiger partial charge in [-0.25, -0.2) is 9.97 Å². The number of hydrogen-bond donors (Lipinski definition) is 1. The van der Waals surface area contributed by atoms with Gasteiger partial charge in [0.2, 0.25) is 0 Å². The van der Waals surface area contributed by atoms with Gasteiger partial charge >= 0.3 is 0 Å². The number of fused-ring (bicyclic) bond motifs is 1. The van der Waals surface area contributed by atoms with E-state index in [1.807, 2.05) is 12.1 Å². The molecule has 5 nitrogen and oxygen atoms in total. The van der Waals surface area contributed by atoms with E-state index in [4.69, 9.17) is 9.16 Å². The van der Waals surface area contributed by atoms with E-state index in [0.29, 0.717) is 19.8 Å². The number of nitrogens with zero attached hydrogens (tertiary/aromatic N) is 2. The summed E-state index contributed by atoms with van der Waals surface area (Å²) in [7, 11) is -1.67. The Morgan fingerprint density at radius 2 is 2.00 bits per heavy atom. The molecule has 6 heteroatoms. The zero-order valence-corrected chi connectivity index (χ0v) is 14.6. The highest BCUT2D eigenvalue weighted by atomic mass is 28.4. The minimum Gasteiger partial charge on any atom is -0.414 e. The third-order valence-electron chi connectivity index (χ3n) is 4.04. The summed E-state index contributed by atoms with van der Waals surface area (Å²) in [5.41, 5.74) is 1.67. The molecule has 0 saturated heterocycles. The van der Waals surface area contributed by atoms with Crippen LogP contribution >= 0.6 is 0 Å². The molecule has 0 bridgehead atoms. The van der Waals surface area contributed by atoms with Crippen LogP contribution in [0.2, 0.25) is 18.1 Å². The number of hydrogen-bond acceptors (Lipinski definition) is 4. The molecule has 0 fully saturated rings. The molecule has 0 saturated carbocycles. The highest BCUT2D eigenvalue weighted by molar-refractivity contribution is 6.74. The van der Waals surface area contributed by atoms with E-state index in [1.54, 1.807) is 6.20 Å². The van der Waals surface area contributed by atoms with Crippen LogP contribution in [0.4, 0.5) is 0 Å². The average molecular weight is 307 g/mol. The lowest BCUT2D eigenvalue weighted by molar-refractivity contribution is 0.0811. The first-order valence-electron chi connectivity index (χ1n) is 7.31. The Hall–Kier alpha value is -1.24. The third-order valence-corrected chi connectivity index (χ3v) is 8.58. The van der Waals surface area contributed by atoms with Crippen molar-refractivity contribution >= 4 is 19.5 Å². The number of ether oxygens (including phenoxy) is 1. The maximum Gasteiger partial charge on any atom is 0.192 e. The van der Waals surface area contributed by atoms with Gasteiger partial charge in [-0.15, -0.1) is 0 Å². The van der Waals surface area contributed by atoms with E-state index in [9.17, 15) is 0 Å². The van der Waals surface area contributed by atoms with Crippen LogP contribution in [-0.4, -0.2) is 36.5 Å². The lowest BCUT2D eigenvalue weighted by Gasteiger charge is -2.36. The highest BCUT2D eigenvalue weighted by Gasteiger charge is 2.36. The molecule has 0 radical (unpaired) electrons. The quantitative estimate of drug-likeness (QED) is 0.655. The largest absolute Gasteiger partial charge is 0.414 e. The molecule has 0 aromatic carbocycles. The summed E-state index contributed by atoms with van der Waals surface area (Å²) >= 11 is 0. The topological polar surface area (TPSA) is 60.0 Å². The van der Waals surface area contributed by atoms with Crippen molar-refractivity contribution < 1.29 is 9.16 Å².